The van der Waals surface area contributed by atoms with Crippen LogP contribution in [0, 0.1) is 5.92 Å². The van der Waals surface area contributed by atoms with Crippen molar-refractivity contribution in [2.24, 2.45) is 5.92 Å². The summed E-state index contributed by atoms with van der Waals surface area (Å²) in [5.74, 6) is 0.269. The SMILES string of the molecule is CC(C)/C=C/C(=O)NC1CCN(C(=O)CCNC(=O)OC(C)(C)C)CC1. The average molecular weight is 367 g/mol. The van der Waals surface area contributed by atoms with Gasteiger partial charge in [0.25, 0.3) is 0 Å². The summed E-state index contributed by atoms with van der Waals surface area (Å²) in [5.41, 5.74) is -0.551. The lowest BCUT2D eigenvalue weighted by Crippen LogP contribution is -2.46. The van der Waals surface area contributed by atoms with Gasteiger partial charge in [-0.2, -0.15) is 0 Å². The Morgan fingerprint density at radius 3 is 2.35 bits per heavy atom. The quantitative estimate of drug-likeness (QED) is 0.705. The predicted octanol–water partition coefficient (Wildman–Crippen LogP) is 2.22. The first kappa shape index (κ1) is 22.0. The lowest BCUT2D eigenvalue weighted by Gasteiger charge is -2.32. The third-order valence-electron chi connectivity index (χ3n) is 3.83. The molecule has 7 nitrogen and oxygen atoms in total. The third kappa shape index (κ3) is 9.44. The highest BCUT2D eigenvalue weighted by molar-refractivity contribution is 5.87. The number of nitrogens with one attached hydrogen (secondary N) is 2. The van der Waals surface area contributed by atoms with E-state index >= 15 is 0 Å². The van der Waals surface area contributed by atoms with Crippen LogP contribution in [0.15, 0.2) is 12.2 Å². The van der Waals surface area contributed by atoms with Gasteiger partial charge in [-0.15, -0.1) is 0 Å². The Balaban J connectivity index is 2.25. The highest BCUT2D eigenvalue weighted by Gasteiger charge is 2.23. The first-order valence-electron chi connectivity index (χ1n) is 9.30. The van der Waals surface area contributed by atoms with Gasteiger partial charge in [-0.1, -0.05) is 19.9 Å². The normalized spacial score (nSPS) is 16.0. The van der Waals surface area contributed by atoms with Gasteiger partial charge in [-0.05, 0) is 45.6 Å². The molecule has 0 aromatic carbocycles. The average Bonchev–Trinajstić information content (AvgIpc) is 2.51. The van der Waals surface area contributed by atoms with E-state index in [4.69, 9.17) is 4.74 Å². The van der Waals surface area contributed by atoms with Crippen molar-refractivity contribution < 1.29 is 19.1 Å². The van der Waals surface area contributed by atoms with Crippen LogP contribution in [-0.4, -0.2) is 54.1 Å². The summed E-state index contributed by atoms with van der Waals surface area (Å²) in [4.78, 5) is 37.3. The Kier molecular flexibility index (Phi) is 8.61. The molecule has 2 N–H and O–H groups in total. The van der Waals surface area contributed by atoms with Crippen molar-refractivity contribution in [2.75, 3.05) is 19.6 Å². The highest BCUT2D eigenvalue weighted by atomic mass is 16.6. The van der Waals surface area contributed by atoms with Crippen molar-refractivity contribution in [1.29, 1.82) is 0 Å². The standard InChI is InChI=1S/C19H33N3O4/c1-14(2)6-7-16(23)21-15-9-12-22(13-10-15)17(24)8-11-20-18(25)26-19(3,4)5/h6-7,14-15H,8-13H2,1-5H3,(H,20,25)(H,21,23)/b7-6+. The van der Waals surface area contributed by atoms with Crippen molar-refractivity contribution in [3.05, 3.63) is 12.2 Å². The van der Waals surface area contributed by atoms with Crippen LogP contribution in [0.1, 0.15) is 53.9 Å². The molecule has 0 aromatic rings. The molecular formula is C19H33N3O4. The van der Waals surface area contributed by atoms with Crippen molar-refractivity contribution >= 4 is 17.9 Å². The Morgan fingerprint density at radius 2 is 1.81 bits per heavy atom. The topological polar surface area (TPSA) is 87.7 Å². The lowest BCUT2D eigenvalue weighted by molar-refractivity contribution is -0.132. The Labute approximate surface area is 156 Å². The van der Waals surface area contributed by atoms with Crippen molar-refractivity contribution in [2.45, 2.75) is 65.5 Å². The van der Waals surface area contributed by atoms with E-state index in [1.165, 1.54) is 0 Å². The molecule has 1 saturated heterocycles. The molecule has 1 rings (SSSR count). The number of likely N-dealkylation sites (tertiary alicyclic amines) is 1. The first-order chi connectivity index (χ1) is 12.1. The number of carbonyl (C=O) groups is 3. The van der Waals surface area contributed by atoms with E-state index in [1.807, 2.05) is 19.9 Å². The zero-order valence-electron chi connectivity index (χ0n) is 16.6. The highest BCUT2D eigenvalue weighted by Crippen LogP contribution is 2.12. The Bertz CT molecular complexity index is 515. The molecule has 0 atom stereocenters. The van der Waals surface area contributed by atoms with Crippen molar-refractivity contribution in [3.63, 3.8) is 0 Å². The molecule has 0 aliphatic carbocycles. The summed E-state index contributed by atoms with van der Waals surface area (Å²) < 4.78 is 5.13. The van der Waals surface area contributed by atoms with Crippen LogP contribution < -0.4 is 10.6 Å². The summed E-state index contributed by atoms with van der Waals surface area (Å²) in [6, 6.07) is 0.100. The van der Waals surface area contributed by atoms with Gasteiger partial charge in [-0.3, -0.25) is 9.59 Å². The molecule has 1 fully saturated rings. The molecule has 0 spiro atoms. The molecule has 1 aliphatic heterocycles. The number of ether oxygens (including phenoxy) is 1. The second-order valence-electron chi connectivity index (χ2n) is 7.95. The Morgan fingerprint density at radius 1 is 1.19 bits per heavy atom. The molecule has 0 radical (unpaired) electrons. The predicted molar refractivity (Wildman–Crippen MR) is 101 cm³/mol. The van der Waals surface area contributed by atoms with E-state index in [9.17, 15) is 14.4 Å². The first-order valence-corrected chi connectivity index (χ1v) is 9.30. The van der Waals surface area contributed by atoms with Gasteiger partial charge in [0, 0.05) is 32.1 Å². The van der Waals surface area contributed by atoms with E-state index in [-0.39, 0.29) is 30.8 Å². The fraction of sp³-hybridized carbons (Fsp3) is 0.737. The molecule has 3 amide bonds. The van der Waals surface area contributed by atoms with Crippen LogP contribution in [0.2, 0.25) is 0 Å². The maximum absolute atomic E-state index is 12.2. The molecule has 1 aliphatic rings. The van der Waals surface area contributed by atoms with E-state index in [0.717, 1.165) is 12.8 Å². The number of rotatable bonds is 6. The van der Waals surface area contributed by atoms with E-state index in [0.29, 0.717) is 19.0 Å². The second kappa shape index (κ2) is 10.2. The maximum atomic E-state index is 12.2. The number of hydrogen-bond acceptors (Lipinski definition) is 4. The summed E-state index contributed by atoms with van der Waals surface area (Å²) in [6.45, 7) is 10.9. The fourth-order valence-corrected chi connectivity index (χ4v) is 2.55. The number of piperidine rings is 1. The number of nitrogens with zero attached hydrogens (tertiary/aromatic N) is 1. The van der Waals surface area contributed by atoms with Crippen LogP contribution in [0.5, 0.6) is 0 Å². The third-order valence-corrected chi connectivity index (χ3v) is 3.83. The molecule has 1 heterocycles. The van der Waals surface area contributed by atoms with Gasteiger partial charge in [0.1, 0.15) is 5.60 Å². The van der Waals surface area contributed by atoms with Gasteiger partial charge in [0.2, 0.25) is 11.8 Å². The van der Waals surface area contributed by atoms with E-state index in [2.05, 4.69) is 10.6 Å². The molecule has 148 valence electrons. The van der Waals surface area contributed by atoms with Crippen molar-refractivity contribution in [3.8, 4) is 0 Å². The molecule has 0 bridgehead atoms. The molecule has 0 aromatic heterocycles. The summed E-state index contributed by atoms with van der Waals surface area (Å²) in [6.07, 6.45) is 4.66. The fourth-order valence-electron chi connectivity index (χ4n) is 2.55. The summed E-state index contributed by atoms with van der Waals surface area (Å²) in [5, 5.41) is 5.57. The zero-order chi connectivity index (χ0) is 19.7. The van der Waals surface area contributed by atoms with Gasteiger partial charge in [0.15, 0.2) is 0 Å². The van der Waals surface area contributed by atoms with Gasteiger partial charge in [0.05, 0.1) is 0 Å². The minimum absolute atomic E-state index is 0.00513. The maximum Gasteiger partial charge on any atom is 0.407 e. The number of allylic oxidation sites excluding steroid dienone is 1. The molecule has 7 heteroatoms. The second-order valence-corrected chi connectivity index (χ2v) is 7.95. The lowest BCUT2D eigenvalue weighted by atomic mass is 10.0. The van der Waals surface area contributed by atoms with E-state index in [1.54, 1.807) is 31.7 Å². The minimum Gasteiger partial charge on any atom is -0.444 e. The van der Waals surface area contributed by atoms with E-state index < -0.39 is 11.7 Å². The number of carbonyl (C=O) groups excluding carboxylic acids is 3. The van der Waals surface area contributed by atoms with Gasteiger partial charge < -0.3 is 20.3 Å². The monoisotopic (exact) mass is 367 g/mol. The largest absolute Gasteiger partial charge is 0.444 e. The summed E-state index contributed by atoms with van der Waals surface area (Å²) >= 11 is 0. The molecule has 0 unspecified atom stereocenters. The Hall–Kier alpha value is -2.05. The number of hydrogen-bond donors (Lipinski definition) is 2. The van der Waals surface area contributed by atoms with Crippen LogP contribution in [0.25, 0.3) is 0 Å². The minimum atomic E-state index is -0.551. The smallest absolute Gasteiger partial charge is 0.407 e. The van der Waals surface area contributed by atoms with Crippen LogP contribution in [-0.2, 0) is 14.3 Å². The number of alkyl carbamates (subject to hydrolysis) is 1. The molecule has 26 heavy (non-hydrogen) atoms. The van der Waals surface area contributed by atoms with Crippen molar-refractivity contribution in [1.82, 2.24) is 15.5 Å². The van der Waals surface area contributed by atoms with Crippen LogP contribution >= 0.6 is 0 Å². The van der Waals surface area contributed by atoms with Crippen LogP contribution in [0.3, 0.4) is 0 Å². The van der Waals surface area contributed by atoms with Gasteiger partial charge >= 0.3 is 6.09 Å². The molecular weight excluding hydrogens is 334 g/mol. The summed E-state index contributed by atoms with van der Waals surface area (Å²) in [7, 11) is 0. The number of amides is 3. The zero-order valence-corrected chi connectivity index (χ0v) is 16.6. The van der Waals surface area contributed by atoms with Crippen LogP contribution in [0.4, 0.5) is 4.79 Å². The van der Waals surface area contributed by atoms with Gasteiger partial charge in [-0.25, -0.2) is 4.79 Å². The molecule has 0 saturated carbocycles.